The van der Waals surface area contributed by atoms with Crippen LogP contribution in [0.2, 0.25) is 0 Å². The molecule has 7 heteroatoms. The summed E-state index contributed by atoms with van der Waals surface area (Å²) in [5.41, 5.74) is 0.238. The number of carboxylic acid groups (broad SMARTS) is 1. The van der Waals surface area contributed by atoms with Crippen LogP contribution in [0.25, 0.3) is 0 Å². The molecule has 0 saturated carbocycles. The summed E-state index contributed by atoms with van der Waals surface area (Å²) in [5, 5.41) is 9.07. The highest BCUT2D eigenvalue weighted by atomic mass is 16.6. The number of hydrogen-bond donors (Lipinski definition) is 1. The van der Waals surface area contributed by atoms with E-state index < -0.39 is 30.2 Å². The van der Waals surface area contributed by atoms with Crippen LogP contribution in [-0.4, -0.2) is 47.3 Å². The third-order valence-corrected chi connectivity index (χ3v) is 2.45. The van der Waals surface area contributed by atoms with E-state index in [1.807, 2.05) is 0 Å². The average molecular weight is 257 g/mol. The first-order valence-corrected chi connectivity index (χ1v) is 5.25. The monoisotopic (exact) mass is 257 g/mol. The molecule has 18 heavy (non-hydrogen) atoms. The molecule has 0 bridgehead atoms. The molecule has 1 rings (SSSR count). The number of ether oxygens (including phenoxy) is 2. The van der Waals surface area contributed by atoms with Crippen LogP contribution in [0.1, 0.15) is 20.8 Å². The molecular weight excluding hydrogens is 242 g/mol. The van der Waals surface area contributed by atoms with Gasteiger partial charge in [-0.15, -0.1) is 0 Å². The van der Waals surface area contributed by atoms with Crippen LogP contribution >= 0.6 is 0 Å². The Morgan fingerprint density at radius 1 is 1.28 bits per heavy atom. The van der Waals surface area contributed by atoms with Gasteiger partial charge in [-0.25, -0.2) is 4.79 Å². The predicted octanol–water partition coefficient (Wildman–Crippen LogP) is 0.111. The zero-order valence-corrected chi connectivity index (χ0v) is 10.6. The van der Waals surface area contributed by atoms with Gasteiger partial charge in [0.05, 0.1) is 0 Å². The molecule has 2 atom stereocenters. The van der Waals surface area contributed by atoms with Crippen molar-refractivity contribution in [2.45, 2.75) is 33.1 Å². The summed E-state index contributed by atoms with van der Waals surface area (Å²) in [4.78, 5) is 34.7. The van der Waals surface area contributed by atoms with Crippen LogP contribution in [0.4, 0.5) is 0 Å². The SMILES string of the molecule is CO[C@@H]1C(=O)N(C(C(=O)O)=C(C)C)[C@@H]1OC(C)=O. The van der Waals surface area contributed by atoms with Crippen molar-refractivity contribution in [3.63, 3.8) is 0 Å². The summed E-state index contributed by atoms with van der Waals surface area (Å²) < 4.78 is 9.77. The number of β-lactam (4-membered cyclic amide) rings is 1. The van der Waals surface area contributed by atoms with Crippen molar-refractivity contribution in [1.29, 1.82) is 0 Å². The highest BCUT2D eigenvalue weighted by Gasteiger charge is 2.53. The Morgan fingerprint density at radius 2 is 1.83 bits per heavy atom. The van der Waals surface area contributed by atoms with Crippen molar-refractivity contribution < 1.29 is 29.0 Å². The third kappa shape index (κ3) is 2.35. The Labute approximate surface area is 104 Å². The molecule has 1 aliphatic heterocycles. The fraction of sp³-hybridized carbons (Fsp3) is 0.545. The van der Waals surface area contributed by atoms with Crippen molar-refractivity contribution in [3.8, 4) is 0 Å². The molecule has 1 amide bonds. The van der Waals surface area contributed by atoms with Crippen LogP contribution < -0.4 is 0 Å². The van der Waals surface area contributed by atoms with E-state index in [1.165, 1.54) is 14.0 Å². The van der Waals surface area contributed by atoms with Gasteiger partial charge in [0, 0.05) is 14.0 Å². The van der Waals surface area contributed by atoms with Gasteiger partial charge in [0.2, 0.25) is 6.23 Å². The molecule has 1 aliphatic rings. The summed E-state index contributed by atoms with van der Waals surface area (Å²) in [6, 6.07) is 0. The molecule has 1 N–H and O–H groups in total. The highest BCUT2D eigenvalue weighted by Crippen LogP contribution is 2.30. The second kappa shape index (κ2) is 5.18. The van der Waals surface area contributed by atoms with Crippen molar-refractivity contribution in [2.75, 3.05) is 7.11 Å². The molecule has 1 fully saturated rings. The van der Waals surface area contributed by atoms with Crippen molar-refractivity contribution >= 4 is 17.8 Å². The van der Waals surface area contributed by atoms with E-state index in [0.717, 1.165) is 4.90 Å². The maximum Gasteiger partial charge on any atom is 0.352 e. The van der Waals surface area contributed by atoms with Crippen molar-refractivity contribution in [1.82, 2.24) is 4.90 Å². The molecule has 0 spiro atoms. The minimum atomic E-state index is -1.25. The van der Waals surface area contributed by atoms with Gasteiger partial charge >= 0.3 is 11.9 Å². The number of carboxylic acids is 1. The lowest BCUT2D eigenvalue weighted by Gasteiger charge is -2.44. The number of hydrogen-bond acceptors (Lipinski definition) is 5. The minimum absolute atomic E-state index is 0.195. The molecule has 1 saturated heterocycles. The number of likely N-dealkylation sites (tertiary alicyclic amines) is 1. The van der Waals surface area contributed by atoms with Crippen molar-refractivity contribution in [3.05, 3.63) is 11.3 Å². The summed E-state index contributed by atoms with van der Waals surface area (Å²) in [6.07, 6.45) is -1.98. The summed E-state index contributed by atoms with van der Waals surface area (Å²) in [5.74, 6) is -2.41. The predicted molar refractivity (Wildman–Crippen MR) is 59.2 cm³/mol. The molecule has 100 valence electrons. The van der Waals surface area contributed by atoms with Gasteiger partial charge in [0.15, 0.2) is 6.10 Å². The second-order valence-electron chi connectivity index (χ2n) is 4.02. The summed E-state index contributed by atoms with van der Waals surface area (Å²) in [6.45, 7) is 4.29. The first-order chi connectivity index (χ1) is 8.31. The number of carbonyl (C=O) groups is 3. The molecule has 7 nitrogen and oxygen atoms in total. The number of aliphatic carboxylic acids is 1. The molecule has 0 aromatic rings. The molecular formula is C11H15NO6. The normalized spacial score (nSPS) is 22.2. The third-order valence-electron chi connectivity index (χ3n) is 2.45. The number of methoxy groups -OCH3 is 1. The lowest BCUT2D eigenvalue weighted by molar-refractivity contribution is -0.209. The van der Waals surface area contributed by atoms with Crippen LogP contribution in [-0.2, 0) is 23.9 Å². The van der Waals surface area contributed by atoms with Gasteiger partial charge in [0.1, 0.15) is 5.70 Å². The lowest BCUT2D eigenvalue weighted by Crippen LogP contribution is -2.67. The maximum absolute atomic E-state index is 11.7. The van der Waals surface area contributed by atoms with E-state index in [0.29, 0.717) is 5.57 Å². The smallest absolute Gasteiger partial charge is 0.352 e. The fourth-order valence-electron chi connectivity index (χ4n) is 1.73. The Hall–Kier alpha value is -1.89. The van der Waals surface area contributed by atoms with Gasteiger partial charge in [0.25, 0.3) is 5.91 Å². The van der Waals surface area contributed by atoms with E-state index in [1.54, 1.807) is 13.8 Å². The largest absolute Gasteiger partial charge is 0.477 e. The average Bonchev–Trinajstić information content (AvgIpc) is 2.23. The lowest BCUT2D eigenvalue weighted by atomic mass is 10.0. The second-order valence-corrected chi connectivity index (χ2v) is 4.02. The van der Waals surface area contributed by atoms with Crippen LogP contribution in [0, 0.1) is 0 Å². The molecule has 0 radical (unpaired) electrons. The van der Waals surface area contributed by atoms with E-state index >= 15 is 0 Å². The molecule has 1 heterocycles. The zero-order chi connectivity index (χ0) is 14.0. The first-order valence-electron chi connectivity index (χ1n) is 5.25. The number of nitrogens with zero attached hydrogens (tertiary/aromatic N) is 1. The van der Waals surface area contributed by atoms with Gasteiger partial charge in [-0.05, 0) is 19.4 Å². The summed E-state index contributed by atoms with van der Waals surface area (Å²) >= 11 is 0. The van der Waals surface area contributed by atoms with E-state index in [4.69, 9.17) is 14.6 Å². The van der Waals surface area contributed by atoms with E-state index in [9.17, 15) is 14.4 Å². The topological polar surface area (TPSA) is 93.1 Å². The standard InChI is InChI=1S/C11H15NO6/c1-5(2)7(11(15)16)12-9(14)8(17-4)10(12)18-6(3)13/h8,10H,1-4H3,(H,15,16)/t8-,10-/m1/s1. The Bertz CT molecular complexity index is 423. The highest BCUT2D eigenvalue weighted by molar-refractivity contribution is 5.99. The zero-order valence-electron chi connectivity index (χ0n) is 10.6. The quantitative estimate of drug-likeness (QED) is 0.436. The van der Waals surface area contributed by atoms with Gasteiger partial charge in [-0.3, -0.25) is 14.5 Å². The summed E-state index contributed by atoms with van der Waals surface area (Å²) in [7, 11) is 1.29. The molecule has 0 unspecified atom stereocenters. The van der Waals surface area contributed by atoms with E-state index in [-0.39, 0.29) is 5.70 Å². The number of amides is 1. The maximum atomic E-state index is 11.7. The Balaban J connectivity index is 3.06. The van der Waals surface area contributed by atoms with Gasteiger partial charge in [-0.1, -0.05) is 0 Å². The van der Waals surface area contributed by atoms with Crippen LogP contribution in [0.5, 0.6) is 0 Å². The molecule has 0 aliphatic carbocycles. The van der Waals surface area contributed by atoms with Crippen molar-refractivity contribution in [2.24, 2.45) is 0 Å². The van der Waals surface area contributed by atoms with E-state index in [2.05, 4.69) is 0 Å². The Kier molecular flexibility index (Phi) is 4.07. The van der Waals surface area contributed by atoms with Gasteiger partial charge < -0.3 is 14.6 Å². The number of esters is 1. The number of rotatable bonds is 4. The van der Waals surface area contributed by atoms with Crippen LogP contribution in [0.15, 0.2) is 11.3 Å². The fourth-order valence-corrected chi connectivity index (χ4v) is 1.73. The Morgan fingerprint density at radius 3 is 2.17 bits per heavy atom. The first kappa shape index (κ1) is 14.2. The van der Waals surface area contributed by atoms with Gasteiger partial charge in [-0.2, -0.15) is 0 Å². The number of allylic oxidation sites excluding steroid dienone is 1. The minimum Gasteiger partial charge on any atom is -0.477 e. The molecule has 0 aromatic carbocycles. The molecule has 0 aromatic heterocycles. The number of carbonyl (C=O) groups excluding carboxylic acids is 2. The van der Waals surface area contributed by atoms with Crippen LogP contribution in [0.3, 0.4) is 0 Å².